The second-order valence-electron chi connectivity index (χ2n) is 9.04. The predicted molar refractivity (Wildman–Crippen MR) is 104 cm³/mol. The van der Waals surface area contributed by atoms with Crippen molar-refractivity contribution in [3.8, 4) is 0 Å². The number of nitrogens with zero attached hydrogens (tertiary/aromatic N) is 4. The molecule has 4 aliphatic carbocycles. The van der Waals surface area contributed by atoms with Gasteiger partial charge in [-0.15, -0.1) is 0 Å². The van der Waals surface area contributed by atoms with E-state index in [0.717, 1.165) is 37.8 Å². The van der Waals surface area contributed by atoms with Gasteiger partial charge in [0.25, 0.3) is 11.8 Å². The zero-order chi connectivity index (χ0) is 20.1. The Morgan fingerprint density at radius 2 is 1.66 bits per heavy atom. The van der Waals surface area contributed by atoms with Crippen LogP contribution in [0, 0.1) is 18.8 Å². The molecule has 2 heterocycles. The van der Waals surface area contributed by atoms with Crippen molar-refractivity contribution >= 4 is 11.8 Å². The number of amides is 2. The Hall–Kier alpha value is -2.90. The summed E-state index contributed by atoms with van der Waals surface area (Å²) in [5.41, 5.74) is 0.474. The van der Waals surface area contributed by atoms with Gasteiger partial charge in [0.15, 0.2) is 0 Å². The standard InChI is InChI=1S/C21H24N6O2/c1-13-2-3-24-17(25-13)19(29)27-21-9-14-6-15(10-21)8-20(7-14,12-21)26-18(28)16-11-22-4-5-23-16/h2-5,11,14-15H,6-10,12H2,1H3,(H,26,28)(H,27,29). The van der Waals surface area contributed by atoms with Crippen LogP contribution in [0.25, 0.3) is 0 Å². The van der Waals surface area contributed by atoms with Crippen LogP contribution in [0.3, 0.4) is 0 Å². The summed E-state index contributed by atoms with van der Waals surface area (Å²) in [7, 11) is 0. The quantitative estimate of drug-likeness (QED) is 0.821. The zero-order valence-electron chi connectivity index (χ0n) is 16.4. The molecular formula is C21H24N6O2. The molecule has 4 aliphatic rings. The topological polar surface area (TPSA) is 110 Å². The van der Waals surface area contributed by atoms with Gasteiger partial charge in [-0.05, 0) is 63.4 Å². The highest BCUT2D eigenvalue weighted by atomic mass is 16.2. The third-order valence-electron chi connectivity index (χ3n) is 6.61. The number of aromatic nitrogens is 4. The van der Waals surface area contributed by atoms with E-state index in [1.807, 2.05) is 6.92 Å². The summed E-state index contributed by atoms with van der Waals surface area (Å²) in [6.07, 6.45) is 11.9. The lowest BCUT2D eigenvalue weighted by Crippen LogP contribution is -2.70. The molecule has 6 rings (SSSR count). The number of hydrogen-bond acceptors (Lipinski definition) is 6. The molecule has 0 saturated heterocycles. The number of carbonyl (C=O) groups excluding carboxylic acids is 2. The van der Waals surface area contributed by atoms with Crippen molar-refractivity contribution < 1.29 is 9.59 Å². The van der Waals surface area contributed by atoms with Crippen LogP contribution in [-0.2, 0) is 0 Å². The summed E-state index contributed by atoms with van der Waals surface area (Å²) < 4.78 is 0. The highest BCUT2D eigenvalue weighted by Gasteiger charge is 2.59. The molecule has 8 nitrogen and oxygen atoms in total. The van der Waals surface area contributed by atoms with Gasteiger partial charge in [-0.25, -0.2) is 15.0 Å². The molecule has 2 aromatic rings. The first kappa shape index (κ1) is 18.1. The summed E-state index contributed by atoms with van der Waals surface area (Å²) in [5, 5.41) is 6.53. The second-order valence-corrected chi connectivity index (χ2v) is 9.04. The van der Waals surface area contributed by atoms with Gasteiger partial charge in [0.1, 0.15) is 5.69 Å². The Morgan fingerprint density at radius 1 is 0.966 bits per heavy atom. The summed E-state index contributed by atoms with van der Waals surface area (Å²) in [6, 6.07) is 1.78. The summed E-state index contributed by atoms with van der Waals surface area (Å²) in [6.45, 7) is 1.85. The average Bonchev–Trinajstić information content (AvgIpc) is 2.67. The van der Waals surface area contributed by atoms with Crippen LogP contribution in [0.5, 0.6) is 0 Å². The number of aryl methyl sites for hydroxylation is 1. The second kappa shape index (κ2) is 6.57. The lowest BCUT2D eigenvalue weighted by molar-refractivity contribution is -0.0449. The van der Waals surface area contributed by atoms with E-state index in [-0.39, 0.29) is 28.7 Å². The Morgan fingerprint density at radius 3 is 2.28 bits per heavy atom. The third kappa shape index (κ3) is 3.36. The lowest BCUT2D eigenvalue weighted by Gasteiger charge is -2.62. The molecule has 0 aliphatic heterocycles. The summed E-state index contributed by atoms with van der Waals surface area (Å²) >= 11 is 0. The fourth-order valence-corrected chi connectivity index (χ4v) is 6.13. The van der Waals surface area contributed by atoms with Crippen LogP contribution in [0.2, 0.25) is 0 Å². The third-order valence-corrected chi connectivity index (χ3v) is 6.61. The van der Waals surface area contributed by atoms with Crippen molar-refractivity contribution in [1.29, 1.82) is 0 Å². The highest BCUT2D eigenvalue weighted by molar-refractivity contribution is 5.93. The van der Waals surface area contributed by atoms with Crippen molar-refractivity contribution in [3.63, 3.8) is 0 Å². The largest absolute Gasteiger partial charge is 0.345 e. The van der Waals surface area contributed by atoms with E-state index in [2.05, 4.69) is 30.6 Å². The number of rotatable bonds is 4. The normalized spacial score (nSPS) is 32.0. The molecule has 4 bridgehead atoms. The zero-order valence-corrected chi connectivity index (χ0v) is 16.4. The molecule has 2 aromatic heterocycles. The van der Waals surface area contributed by atoms with Crippen LogP contribution < -0.4 is 10.6 Å². The van der Waals surface area contributed by atoms with Crippen molar-refractivity contribution in [2.75, 3.05) is 0 Å². The summed E-state index contributed by atoms with van der Waals surface area (Å²) in [4.78, 5) is 42.2. The van der Waals surface area contributed by atoms with Crippen LogP contribution in [-0.4, -0.2) is 42.8 Å². The molecular weight excluding hydrogens is 368 g/mol. The van der Waals surface area contributed by atoms with Crippen molar-refractivity contribution in [3.05, 3.63) is 48.1 Å². The molecule has 2 atom stereocenters. The van der Waals surface area contributed by atoms with Gasteiger partial charge in [0, 0.05) is 35.4 Å². The molecule has 2 N–H and O–H groups in total. The lowest BCUT2D eigenvalue weighted by atomic mass is 9.50. The first-order valence-electron chi connectivity index (χ1n) is 10.2. The minimum absolute atomic E-state index is 0.191. The Balaban J connectivity index is 1.38. The van der Waals surface area contributed by atoms with Crippen LogP contribution in [0.4, 0.5) is 0 Å². The monoisotopic (exact) mass is 392 g/mol. The maximum absolute atomic E-state index is 12.9. The highest BCUT2D eigenvalue weighted by Crippen LogP contribution is 2.57. The fourth-order valence-electron chi connectivity index (χ4n) is 6.13. The van der Waals surface area contributed by atoms with Crippen molar-refractivity contribution in [2.24, 2.45) is 11.8 Å². The molecule has 4 fully saturated rings. The minimum Gasteiger partial charge on any atom is -0.345 e. The molecule has 4 saturated carbocycles. The van der Waals surface area contributed by atoms with Gasteiger partial charge < -0.3 is 10.6 Å². The van der Waals surface area contributed by atoms with Crippen LogP contribution >= 0.6 is 0 Å². The summed E-state index contributed by atoms with van der Waals surface area (Å²) in [5.74, 6) is 0.780. The molecule has 0 aromatic carbocycles. The Labute approximate surface area is 169 Å². The maximum atomic E-state index is 12.9. The first-order chi connectivity index (χ1) is 13.9. The Kier molecular flexibility index (Phi) is 4.11. The maximum Gasteiger partial charge on any atom is 0.289 e. The van der Waals surface area contributed by atoms with Crippen LogP contribution in [0.15, 0.2) is 30.9 Å². The molecule has 29 heavy (non-hydrogen) atoms. The van der Waals surface area contributed by atoms with E-state index >= 15 is 0 Å². The van der Waals surface area contributed by atoms with Gasteiger partial charge in [-0.1, -0.05) is 0 Å². The molecule has 0 radical (unpaired) electrons. The SMILES string of the molecule is Cc1ccnc(C(=O)NC23CC4CC(CC(NC(=O)c5cnccn5)(C4)C2)C3)n1. The minimum atomic E-state index is -0.316. The van der Waals surface area contributed by atoms with Crippen molar-refractivity contribution in [2.45, 2.75) is 56.5 Å². The predicted octanol–water partition coefficient (Wildman–Crippen LogP) is 1.83. The fraction of sp³-hybridized carbons (Fsp3) is 0.524. The number of carbonyl (C=O) groups is 2. The smallest absolute Gasteiger partial charge is 0.289 e. The van der Waals surface area contributed by atoms with E-state index in [9.17, 15) is 9.59 Å². The van der Waals surface area contributed by atoms with Gasteiger partial charge in [0.2, 0.25) is 5.82 Å². The van der Waals surface area contributed by atoms with Crippen LogP contribution in [0.1, 0.15) is 65.3 Å². The molecule has 0 spiro atoms. The van der Waals surface area contributed by atoms with Gasteiger partial charge >= 0.3 is 0 Å². The van der Waals surface area contributed by atoms with E-state index in [4.69, 9.17) is 0 Å². The van der Waals surface area contributed by atoms with E-state index in [0.29, 0.717) is 17.5 Å². The Bertz CT molecular complexity index is 949. The molecule has 8 heteroatoms. The number of nitrogens with one attached hydrogen (secondary N) is 2. The van der Waals surface area contributed by atoms with Gasteiger partial charge in [-0.2, -0.15) is 0 Å². The van der Waals surface area contributed by atoms with Crippen molar-refractivity contribution in [1.82, 2.24) is 30.6 Å². The van der Waals surface area contributed by atoms with Gasteiger partial charge in [-0.3, -0.25) is 14.6 Å². The average molecular weight is 392 g/mol. The van der Waals surface area contributed by atoms with E-state index in [1.54, 1.807) is 18.5 Å². The van der Waals surface area contributed by atoms with E-state index < -0.39 is 0 Å². The molecule has 150 valence electrons. The molecule has 2 unspecified atom stereocenters. The van der Waals surface area contributed by atoms with Gasteiger partial charge in [0.05, 0.1) is 6.20 Å². The molecule has 2 amide bonds. The van der Waals surface area contributed by atoms with E-state index in [1.165, 1.54) is 18.8 Å². The first-order valence-corrected chi connectivity index (χ1v) is 10.2. The number of hydrogen-bond donors (Lipinski definition) is 2.